The highest BCUT2D eigenvalue weighted by atomic mass is 16.5. The summed E-state index contributed by atoms with van der Waals surface area (Å²) in [6.07, 6.45) is 0.991. The van der Waals surface area contributed by atoms with Gasteiger partial charge in [0.2, 0.25) is 0 Å². The van der Waals surface area contributed by atoms with Crippen LogP contribution in [0.5, 0.6) is 11.5 Å². The number of rotatable bonds is 7. The van der Waals surface area contributed by atoms with Crippen molar-refractivity contribution in [3.8, 4) is 11.5 Å². The quantitative estimate of drug-likeness (QED) is 0.474. The molecule has 0 aliphatic carbocycles. The van der Waals surface area contributed by atoms with Crippen molar-refractivity contribution in [2.75, 3.05) is 18.6 Å². The Morgan fingerprint density at radius 2 is 1.83 bits per heavy atom. The summed E-state index contributed by atoms with van der Waals surface area (Å²) in [5, 5.41) is 0. The summed E-state index contributed by atoms with van der Waals surface area (Å²) < 4.78 is 11.7. The lowest BCUT2D eigenvalue weighted by atomic mass is 10.1. The molecule has 0 saturated heterocycles. The summed E-state index contributed by atoms with van der Waals surface area (Å²) in [4.78, 5) is 6.58. The van der Waals surface area contributed by atoms with Crippen LogP contribution in [0.1, 0.15) is 16.7 Å². The van der Waals surface area contributed by atoms with Gasteiger partial charge in [-0.25, -0.2) is 4.99 Å². The molecule has 1 aliphatic rings. The van der Waals surface area contributed by atoms with Crippen molar-refractivity contribution in [3.63, 3.8) is 0 Å². The van der Waals surface area contributed by atoms with Crippen molar-refractivity contribution in [1.29, 1.82) is 0 Å². The van der Waals surface area contributed by atoms with Crippen molar-refractivity contribution >= 4 is 22.9 Å². The average Bonchev–Trinajstić information content (AvgIpc) is 3.22. The Kier molecular flexibility index (Phi) is 5.69. The Bertz CT molecular complexity index is 1120. The molecule has 3 aromatic carbocycles. The topological polar surface area (TPSA) is 34.1 Å². The summed E-state index contributed by atoms with van der Waals surface area (Å²) in [5.41, 5.74) is 6.01. The molecule has 30 heavy (non-hydrogen) atoms. The van der Waals surface area contributed by atoms with Gasteiger partial charge < -0.3 is 14.4 Å². The van der Waals surface area contributed by atoms with Crippen LogP contribution in [-0.2, 0) is 13.0 Å². The zero-order chi connectivity index (χ0) is 20.9. The first-order valence-corrected chi connectivity index (χ1v) is 9.87. The van der Waals surface area contributed by atoms with Crippen molar-refractivity contribution in [3.05, 3.63) is 96.6 Å². The number of para-hydroxylation sites is 1. The van der Waals surface area contributed by atoms with Crippen LogP contribution in [0.2, 0.25) is 0 Å². The second-order valence-corrected chi connectivity index (χ2v) is 7.04. The van der Waals surface area contributed by atoms with E-state index in [1.165, 1.54) is 11.3 Å². The maximum atomic E-state index is 6.04. The van der Waals surface area contributed by atoms with E-state index in [4.69, 9.17) is 9.47 Å². The summed E-state index contributed by atoms with van der Waals surface area (Å²) in [6.45, 7) is 9.34. The molecule has 0 aromatic heterocycles. The molecule has 4 rings (SSSR count). The molecule has 1 heterocycles. The van der Waals surface area contributed by atoms with Gasteiger partial charge >= 0.3 is 0 Å². The van der Waals surface area contributed by atoms with E-state index in [1.807, 2.05) is 48.5 Å². The Hall–Kier alpha value is -3.75. The lowest BCUT2D eigenvalue weighted by Crippen LogP contribution is -2.18. The first-order chi connectivity index (χ1) is 14.7. The molecule has 3 aromatic rings. The van der Waals surface area contributed by atoms with Crippen LogP contribution in [0.25, 0.3) is 5.70 Å². The zero-order valence-corrected chi connectivity index (χ0v) is 17.1. The summed E-state index contributed by atoms with van der Waals surface area (Å²) in [6, 6.07) is 22.2. The molecule has 1 aliphatic heterocycles. The summed E-state index contributed by atoms with van der Waals surface area (Å²) in [5.74, 6) is 3.90. The van der Waals surface area contributed by atoms with Crippen molar-refractivity contribution < 1.29 is 9.47 Å². The van der Waals surface area contributed by atoms with Crippen LogP contribution in [-0.4, -0.2) is 19.5 Å². The highest BCUT2D eigenvalue weighted by Crippen LogP contribution is 2.41. The van der Waals surface area contributed by atoms with Crippen LogP contribution in [0.4, 0.5) is 11.4 Å². The maximum absolute atomic E-state index is 6.04. The fourth-order valence-electron chi connectivity index (χ4n) is 3.73. The largest absolute Gasteiger partial charge is 0.493 e. The first-order valence-electron chi connectivity index (χ1n) is 9.87. The van der Waals surface area contributed by atoms with Gasteiger partial charge in [-0.2, -0.15) is 0 Å². The van der Waals surface area contributed by atoms with E-state index >= 15 is 0 Å². The van der Waals surface area contributed by atoms with E-state index in [2.05, 4.69) is 47.1 Å². The number of methoxy groups -OCH3 is 1. The molecular formula is C26H24N2O2. The highest BCUT2D eigenvalue weighted by Gasteiger charge is 2.24. The van der Waals surface area contributed by atoms with E-state index in [1.54, 1.807) is 7.11 Å². The number of hydrogen-bond donors (Lipinski definition) is 0. The molecule has 0 fully saturated rings. The van der Waals surface area contributed by atoms with Gasteiger partial charge in [0, 0.05) is 29.6 Å². The molecule has 0 saturated carbocycles. The SMILES string of the molecule is C=C=Nc1cc(OCc2ccccc2)c(OC)cc1C(=C)N1CCc2ccccc21. The van der Waals surface area contributed by atoms with Gasteiger partial charge in [0.15, 0.2) is 11.5 Å². The predicted molar refractivity (Wildman–Crippen MR) is 123 cm³/mol. The normalized spacial score (nSPS) is 12.1. The third kappa shape index (κ3) is 3.86. The lowest BCUT2D eigenvalue weighted by molar-refractivity contribution is 0.284. The Balaban J connectivity index is 1.68. The molecule has 150 valence electrons. The van der Waals surface area contributed by atoms with Gasteiger partial charge in [-0.1, -0.05) is 55.1 Å². The van der Waals surface area contributed by atoms with Crippen LogP contribution >= 0.6 is 0 Å². The van der Waals surface area contributed by atoms with Crippen LogP contribution in [0.15, 0.2) is 84.9 Å². The molecule has 0 spiro atoms. The van der Waals surface area contributed by atoms with Gasteiger partial charge in [-0.15, -0.1) is 0 Å². The number of ether oxygens (including phenoxy) is 2. The monoisotopic (exact) mass is 396 g/mol. The lowest BCUT2D eigenvalue weighted by Gasteiger charge is -2.24. The third-order valence-corrected chi connectivity index (χ3v) is 5.24. The smallest absolute Gasteiger partial charge is 0.163 e. The Morgan fingerprint density at radius 3 is 2.60 bits per heavy atom. The van der Waals surface area contributed by atoms with Gasteiger partial charge in [-0.3, -0.25) is 0 Å². The fraction of sp³-hybridized carbons (Fsp3) is 0.154. The number of anilines is 1. The van der Waals surface area contributed by atoms with E-state index in [0.717, 1.165) is 29.8 Å². The predicted octanol–water partition coefficient (Wildman–Crippen LogP) is 5.79. The number of aliphatic imine (C=N–C) groups is 1. The van der Waals surface area contributed by atoms with Crippen molar-refractivity contribution in [1.82, 2.24) is 0 Å². The van der Waals surface area contributed by atoms with E-state index in [-0.39, 0.29) is 0 Å². The fourth-order valence-corrected chi connectivity index (χ4v) is 3.73. The summed E-state index contributed by atoms with van der Waals surface area (Å²) >= 11 is 0. The Labute approximate surface area is 177 Å². The number of benzene rings is 3. The van der Waals surface area contributed by atoms with Gasteiger partial charge in [-0.05, 0) is 42.1 Å². The van der Waals surface area contributed by atoms with Crippen molar-refractivity contribution in [2.45, 2.75) is 13.0 Å². The molecule has 4 nitrogen and oxygen atoms in total. The van der Waals surface area contributed by atoms with Crippen LogP contribution < -0.4 is 14.4 Å². The van der Waals surface area contributed by atoms with Crippen LogP contribution in [0.3, 0.4) is 0 Å². The second kappa shape index (κ2) is 8.73. The number of nitrogens with zero attached hydrogens (tertiary/aromatic N) is 2. The minimum Gasteiger partial charge on any atom is -0.493 e. The van der Waals surface area contributed by atoms with E-state index in [0.29, 0.717) is 23.8 Å². The number of fused-ring (bicyclic) bond motifs is 1. The van der Waals surface area contributed by atoms with Crippen LogP contribution in [0, 0.1) is 0 Å². The van der Waals surface area contributed by atoms with E-state index in [9.17, 15) is 0 Å². The molecule has 0 N–H and O–H groups in total. The average molecular weight is 396 g/mol. The van der Waals surface area contributed by atoms with Crippen molar-refractivity contribution in [2.24, 2.45) is 4.99 Å². The molecule has 0 amide bonds. The molecule has 4 heteroatoms. The zero-order valence-electron chi connectivity index (χ0n) is 17.1. The standard InChI is InChI=1S/C26H24N2O2/c1-4-27-23-17-26(30-18-20-10-6-5-7-11-20)25(29-3)16-22(23)19(2)28-15-14-21-12-8-9-13-24(21)28/h5-13,16-17H,1-2,14-15,18H2,3H3. The maximum Gasteiger partial charge on any atom is 0.163 e. The molecule has 0 radical (unpaired) electrons. The second-order valence-electron chi connectivity index (χ2n) is 7.04. The van der Waals surface area contributed by atoms with Gasteiger partial charge in [0.05, 0.1) is 12.8 Å². The van der Waals surface area contributed by atoms with Gasteiger partial charge in [0.25, 0.3) is 0 Å². The molecule has 0 unspecified atom stereocenters. The highest BCUT2D eigenvalue weighted by molar-refractivity contribution is 5.87. The Morgan fingerprint density at radius 1 is 1.07 bits per heavy atom. The molecular weight excluding hydrogens is 372 g/mol. The molecule has 0 atom stereocenters. The minimum atomic E-state index is 0.439. The third-order valence-electron chi connectivity index (χ3n) is 5.24. The van der Waals surface area contributed by atoms with Gasteiger partial charge in [0.1, 0.15) is 6.61 Å². The summed E-state index contributed by atoms with van der Waals surface area (Å²) in [7, 11) is 1.64. The molecule has 0 bridgehead atoms. The first kappa shape index (κ1) is 19.6. The minimum absolute atomic E-state index is 0.439. The number of hydrogen-bond acceptors (Lipinski definition) is 4. The van der Waals surface area contributed by atoms with E-state index < -0.39 is 0 Å².